The van der Waals surface area contributed by atoms with Gasteiger partial charge in [-0.05, 0) is 43.7 Å². The molecule has 1 amide bonds. The molecule has 0 radical (unpaired) electrons. The van der Waals surface area contributed by atoms with E-state index in [0.717, 1.165) is 21.3 Å². The highest BCUT2D eigenvalue weighted by atomic mass is 32.2. The van der Waals surface area contributed by atoms with Crippen molar-refractivity contribution in [1.82, 2.24) is 4.98 Å². The number of carbonyl (C=O) groups is 1. The number of amides is 1. The summed E-state index contributed by atoms with van der Waals surface area (Å²) in [4.78, 5) is 17.9. The molecule has 0 atom stereocenters. The molecule has 3 aromatic rings. The molecule has 0 unspecified atom stereocenters. The third kappa shape index (κ3) is 3.94. The molecule has 0 saturated carbocycles. The first-order chi connectivity index (χ1) is 13.5. The van der Waals surface area contributed by atoms with E-state index >= 15 is 0 Å². The maximum Gasteiger partial charge on any atom is 0.235 e. The molecule has 0 fully saturated rings. The zero-order valence-electron chi connectivity index (χ0n) is 15.5. The zero-order valence-corrected chi connectivity index (χ0v) is 17.1. The molecule has 2 aromatic heterocycles. The first kappa shape index (κ1) is 19.7. The highest BCUT2D eigenvalue weighted by molar-refractivity contribution is 8.00. The molecule has 0 bridgehead atoms. The molecule has 0 saturated heterocycles. The summed E-state index contributed by atoms with van der Waals surface area (Å²) in [7, 11) is 1.58. The van der Waals surface area contributed by atoms with Crippen molar-refractivity contribution in [2.75, 3.05) is 18.2 Å². The number of thiophene rings is 1. The van der Waals surface area contributed by atoms with Gasteiger partial charge in [0.05, 0.1) is 29.5 Å². The highest BCUT2D eigenvalue weighted by Gasteiger charge is 2.16. The van der Waals surface area contributed by atoms with Crippen molar-refractivity contribution in [3.05, 3.63) is 45.8 Å². The maximum atomic E-state index is 12.4. The van der Waals surface area contributed by atoms with Gasteiger partial charge in [0, 0.05) is 10.3 Å². The Morgan fingerprint density at radius 1 is 1.29 bits per heavy atom. The summed E-state index contributed by atoms with van der Waals surface area (Å²) in [5.41, 5.74) is 2.50. The summed E-state index contributed by atoms with van der Waals surface area (Å²) in [5.74, 6) is 0.528. The summed E-state index contributed by atoms with van der Waals surface area (Å²) >= 11 is 2.58. The van der Waals surface area contributed by atoms with Crippen LogP contribution in [0, 0.1) is 36.5 Å². The molecule has 1 N–H and O–H groups in total. The topological polar surface area (TPSA) is 98.8 Å². The van der Waals surface area contributed by atoms with Gasteiger partial charge in [-0.25, -0.2) is 4.98 Å². The van der Waals surface area contributed by atoms with Crippen LogP contribution in [0.5, 0.6) is 5.75 Å². The number of carbonyl (C=O) groups excluding carboxylic acids is 1. The summed E-state index contributed by atoms with van der Waals surface area (Å²) < 4.78 is 5.20. The lowest BCUT2D eigenvalue weighted by Gasteiger charge is -2.07. The number of aromatic nitrogens is 1. The molecule has 6 nitrogen and oxygen atoms in total. The number of thioether (sulfide) groups is 1. The maximum absolute atomic E-state index is 12.4. The number of ether oxygens (including phenoxy) is 1. The number of fused-ring (bicyclic) bond motifs is 1. The van der Waals surface area contributed by atoms with Crippen LogP contribution in [0.25, 0.3) is 10.9 Å². The number of pyridine rings is 1. The van der Waals surface area contributed by atoms with Crippen LogP contribution in [-0.4, -0.2) is 23.8 Å². The predicted molar refractivity (Wildman–Crippen MR) is 111 cm³/mol. The van der Waals surface area contributed by atoms with E-state index in [1.54, 1.807) is 19.2 Å². The number of nitrogens with zero attached hydrogens (tertiary/aromatic N) is 3. The minimum atomic E-state index is -0.247. The molecule has 1 aromatic carbocycles. The van der Waals surface area contributed by atoms with E-state index < -0.39 is 0 Å². The SMILES string of the molecule is COc1ccc2nc(SCC(=O)Nc3sc(C)c(C)c3C#N)c(C#N)cc2c1. The van der Waals surface area contributed by atoms with Crippen LogP contribution >= 0.6 is 23.1 Å². The Morgan fingerprint density at radius 3 is 2.75 bits per heavy atom. The molecule has 0 aliphatic heterocycles. The molecule has 2 heterocycles. The van der Waals surface area contributed by atoms with Crippen molar-refractivity contribution in [2.45, 2.75) is 18.9 Å². The van der Waals surface area contributed by atoms with Crippen molar-refractivity contribution < 1.29 is 9.53 Å². The molecule has 0 aliphatic carbocycles. The van der Waals surface area contributed by atoms with E-state index in [-0.39, 0.29) is 11.7 Å². The first-order valence-corrected chi connectivity index (χ1v) is 10.1. The van der Waals surface area contributed by atoms with Crippen LogP contribution in [-0.2, 0) is 4.79 Å². The second-order valence-corrected chi connectivity index (χ2v) is 8.14. The Morgan fingerprint density at radius 2 is 2.07 bits per heavy atom. The van der Waals surface area contributed by atoms with E-state index in [2.05, 4.69) is 22.4 Å². The summed E-state index contributed by atoms with van der Waals surface area (Å²) in [6.45, 7) is 3.78. The summed E-state index contributed by atoms with van der Waals surface area (Å²) in [5, 5.41) is 23.4. The van der Waals surface area contributed by atoms with Gasteiger partial charge < -0.3 is 10.1 Å². The van der Waals surface area contributed by atoms with Crippen LogP contribution in [0.15, 0.2) is 29.3 Å². The largest absolute Gasteiger partial charge is 0.497 e. The third-order valence-corrected chi connectivity index (χ3v) is 6.31. The minimum Gasteiger partial charge on any atom is -0.497 e. The second-order valence-electron chi connectivity index (χ2n) is 5.95. The van der Waals surface area contributed by atoms with Gasteiger partial charge in [-0.2, -0.15) is 10.5 Å². The van der Waals surface area contributed by atoms with Gasteiger partial charge >= 0.3 is 0 Å². The Hall–Kier alpha value is -3.07. The van der Waals surface area contributed by atoms with Gasteiger partial charge in [0.1, 0.15) is 27.9 Å². The quantitative estimate of drug-likeness (QED) is 0.629. The van der Waals surface area contributed by atoms with Crippen LogP contribution in [0.1, 0.15) is 21.6 Å². The number of rotatable bonds is 5. The van der Waals surface area contributed by atoms with Gasteiger partial charge in [-0.3, -0.25) is 4.79 Å². The molecule has 8 heteroatoms. The number of anilines is 1. The summed E-state index contributed by atoms with van der Waals surface area (Å²) in [6, 6.07) is 11.4. The molecule has 0 spiro atoms. The van der Waals surface area contributed by atoms with E-state index in [1.807, 2.05) is 26.0 Å². The standard InChI is InChI=1S/C20H16N4O2S2/c1-11-12(2)28-20(16(11)9-22)24-18(25)10-27-19-14(8-21)6-13-7-15(26-3)4-5-17(13)23-19/h4-7H,10H2,1-3H3,(H,24,25). The number of methoxy groups -OCH3 is 1. The highest BCUT2D eigenvalue weighted by Crippen LogP contribution is 2.32. The van der Waals surface area contributed by atoms with E-state index in [4.69, 9.17) is 4.74 Å². The van der Waals surface area contributed by atoms with Crippen molar-refractivity contribution in [1.29, 1.82) is 10.5 Å². The smallest absolute Gasteiger partial charge is 0.235 e. The fourth-order valence-electron chi connectivity index (χ4n) is 2.60. The number of nitrogens with one attached hydrogen (secondary N) is 1. The average molecular weight is 409 g/mol. The number of aryl methyl sites for hydroxylation is 1. The van der Waals surface area contributed by atoms with Gasteiger partial charge in [0.15, 0.2) is 0 Å². The van der Waals surface area contributed by atoms with Crippen LogP contribution in [0.4, 0.5) is 5.00 Å². The van der Waals surface area contributed by atoms with E-state index in [9.17, 15) is 15.3 Å². The Labute approximate surface area is 170 Å². The van der Waals surface area contributed by atoms with Crippen molar-refractivity contribution in [3.8, 4) is 17.9 Å². The van der Waals surface area contributed by atoms with Crippen LogP contribution in [0.2, 0.25) is 0 Å². The molecule has 140 valence electrons. The minimum absolute atomic E-state index is 0.0875. The first-order valence-electron chi connectivity index (χ1n) is 8.28. The Bertz CT molecular complexity index is 1160. The number of hydrogen-bond donors (Lipinski definition) is 1. The average Bonchev–Trinajstić information content (AvgIpc) is 2.97. The van der Waals surface area contributed by atoms with Gasteiger partial charge in [0.25, 0.3) is 0 Å². The van der Waals surface area contributed by atoms with E-state index in [1.165, 1.54) is 23.1 Å². The lowest BCUT2D eigenvalue weighted by molar-refractivity contribution is -0.113. The number of nitriles is 2. The fraction of sp³-hybridized carbons (Fsp3) is 0.200. The van der Waals surface area contributed by atoms with Crippen molar-refractivity contribution in [3.63, 3.8) is 0 Å². The second kappa shape index (κ2) is 8.30. The van der Waals surface area contributed by atoms with E-state index in [0.29, 0.717) is 26.9 Å². The fourth-order valence-corrected chi connectivity index (χ4v) is 4.39. The number of benzene rings is 1. The van der Waals surface area contributed by atoms with Gasteiger partial charge in [0.2, 0.25) is 5.91 Å². The van der Waals surface area contributed by atoms with Crippen LogP contribution in [0.3, 0.4) is 0 Å². The predicted octanol–water partition coefficient (Wildman–Crippen LogP) is 4.40. The molecule has 0 aliphatic rings. The van der Waals surface area contributed by atoms with Gasteiger partial charge in [-0.15, -0.1) is 11.3 Å². The lowest BCUT2D eigenvalue weighted by atomic mass is 10.1. The zero-order chi connectivity index (χ0) is 20.3. The summed E-state index contributed by atoms with van der Waals surface area (Å²) in [6.07, 6.45) is 0. The number of hydrogen-bond acceptors (Lipinski definition) is 7. The normalized spacial score (nSPS) is 10.3. The van der Waals surface area contributed by atoms with Gasteiger partial charge in [-0.1, -0.05) is 11.8 Å². The Balaban J connectivity index is 1.78. The molecular formula is C20H16N4O2S2. The van der Waals surface area contributed by atoms with Crippen molar-refractivity contribution >= 4 is 44.9 Å². The lowest BCUT2D eigenvalue weighted by Crippen LogP contribution is -2.14. The Kier molecular flexibility index (Phi) is 5.84. The monoisotopic (exact) mass is 408 g/mol. The van der Waals surface area contributed by atoms with Crippen LogP contribution < -0.4 is 10.1 Å². The van der Waals surface area contributed by atoms with Crippen molar-refractivity contribution in [2.24, 2.45) is 0 Å². The molecule has 28 heavy (non-hydrogen) atoms. The molecular weight excluding hydrogens is 392 g/mol. The third-order valence-electron chi connectivity index (χ3n) is 4.20. The molecule has 3 rings (SSSR count).